The minimum atomic E-state index is -0.221. The van der Waals surface area contributed by atoms with Crippen LogP contribution in [0, 0.1) is 11.2 Å². The molecule has 0 radical (unpaired) electrons. The normalized spacial score (nSPS) is 16.8. The van der Waals surface area contributed by atoms with E-state index in [2.05, 4.69) is 15.6 Å². The van der Waals surface area contributed by atoms with Gasteiger partial charge in [-0.15, -0.1) is 24.0 Å². The lowest BCUT2D eigenvalue weighted by Crippen LogP contribution is -2.45. The van der Waals surface area contributed by atoms with Crippen LogP contribution in [-0.2, 0) is 6.54 Å². The van der Waals surface area contributed by atoms with E-state index in [0.29, 0.717) is 18.1 Å². The molecule has 6 heteroatoms. The van der Waals surface area contributed by atoms with Gasteiger partial charge in [-0.2, -0.15) is 0 Å². The number of hydrogen-bond donors (Lipinski definition) is 3. The number of nitrogens with one attached hydrogen (secondary N) is 2. The number of rotatable bonds is 7. The Kier molecular flexibility index (Phi) is 10.3. The van der Waals surface area contributed by atoms with Gasteiger partial charge in [0.05, 0.1) is 6.54 Å². The molecule has 0 atom stereocenters. The van der Waals surface area contributed by atoms with E-state index in [1.807, 2.05) is 13.0 Å². The molecule has 25 heavy (non-hydrogen) atoms. The summed E-state index contributed by atoms with van der Waals surface area (Å²) in [7, 11) is 0. The summed E-state index contributed by atoms with van der Waals surface area (Å²) in [4.78, 5) is 4.51. The molecule has 1 aromatic carbocycles. The van der Waals surface area contributed by atoms with E-state index in [1.165, 1.54) is 25.3 Å². The third kappa shape index (κ3) is 7.09. The van der Waals surface area contributed by atoms with Crippen molar-refractivity contribution < 1.29 is 9.50 Å². The average Bonchev–Trinajstić information content (AvgIpc) is 2.60. The number of hydrogen-bond acceptors (Lipinski definition) is 2. The molecule has 1 fully saturated rings. The van der Waals surface area contributed by atoms with E-state index in [4.69, 9.17) is 0 Å². The van der Waals surface area contributed by atoms with Gasteiger partial charge < -0.3 is 15.7 Å². The van der Waals surface area contributed by atoms with Crippen molar-refractivity contribution in [3.63, 3.8) is 0 Å². The molecule has 1 aromatic rings. The molecule has 1 aliphatic rings. The first-order valence-electron chi connectivity index (χ1n) is 9.05. The Morgan fingerprint density at radius 3 is 2.56 bits per heavy atom. The molecule has 2 rings (SSSR count). The second kappa shape index (κ2) is 11.7. The maximum Gasteiger partial charge on any atom is 0.191 e. The van der Waals surface area contributed by atoms with Crippen molar-refractivity contribution in [2.24, 2.45) is 10.4 Å². The average molecular weight is 463 g/mol. The maximum absolute atomic E-state index is 13.7. The Bertz CT molecular complexity index is 528. The molecular formula is C19H31FIN3O. The number of benzene rings is 1. The topological polar surface area (TPSA) is 56.7 Å². The second-order valence-electron chi connectivity index (χ2n) is 6.67. The van der Waals surface area contributed by atoms with Crippen molar-refractivity contribution in [1.29, 1.82) is 0 Å². The Labute approximate surface area is 167 Å². The molecule has 0 heterocycles. The van der Waals surface area contributed by atoms with Crippen LogP contribution in [-0.4, -0.2) is 30.8 Å². The van der Waals surface area contributed by atoms with E-state index in [9.17, 15) is 9.50 Å². The summed E-state index contributed by atoms with van der Waals surface area (Å²) in [6.45, 7) is 4.12. The second-order valence-corrected chi connectivity index (χ2v) is 6.67. The highest BCUT2D eigenvalue weighted by molar-refractivity contribution is 14.0. The van der Waals surface area contributed by atoms with E-state index in [1.54, 1.807) is 12.1 Å². The van der Waals surface area contributed by atoms with Crippen molar-refractivity contribution in [1.82, 2.24) is 10.6 Å². The molecule has 1 aliphatic carbocycles. The number of nitrogens with zero attached hydrogens (tertiary/aromatic N) is 1. The van der Waals surface area contributed by atoms with Gasteiger partial charge in [-0.1, -0.05) is 37.5 Å². The monoisotopic (exact) mass is 463 g/mol. The first-order valence-corrected chi connectivity index (χ1v) is 9.05. The van der Waals surface area contributed by atoms with Gasteiger partial charge in [0, 0.05) is 25.3 Å². The Balaban J connectivity index is 0.00000312. The van der Waals surface area contributed by atoms with Crippen LogP contribution in [0.2, 0.25) is 0 Å². The van der Waals surface area contributed by atoms with Gasteiger partial charge in [-0.25, -0.2) is 9.38 Å². The van der Waals surface area contributed by atoms with Crippen LogP contribution in [0.15, 0.2) is 29.3 Å². The van der Waals surface area contributed by atoms with Gasteiger partial charge in [0.25, 0.3) is 0 Å². The first-order chi connectivity index (χ1) is 11.7. The largest absolute Gasteiger partial charge is 0.396 e. The molecule has 0 aliphatic heterocycles. The zero-order valence-corrected chi connectivity index (χ0v) is 17.4. The zero-order valence-electron chi connectivity index (χ0n) is 15.1. The smallest absolute Gasteiger partial charge is 0.191 e. The van der Waals surface area contributed by atoms with Crippen molar-refractivity contribution in [2.45, 2.75) is 52.0 Å². The maximum atomic E-state index is 13.7. The molecule has 0 bridgehead atoms. The van der Waals surface area contributed by atoms with E-state index < -0.39 is 0 Å². The lowest BCUT2D eigenvalue weighted by atomic mass is 9.72. The highest BCUT2D eigenvalue weighted by Crippen LogP contribution is 2.38. The fourth-order valence-corrected chi connectivity index (χ4v) is 3.46. The van der Waals surface area contributed by atoms with Crippen molar-refractivity contribution >= 4 is 29.9 Å². The molecule has 0 amide bonds. The van der Waals surface area contributed by atoms with Crippen LogP contribution >= 0.6 is 24.0 Å². The lowest BCUT2D eigenvalue weighted by Gasteiger charge is -2.37. The molecule has 4 nitrogen and oxygen atoms in total. The summed E-state index contributed by atoms with van der Waals surface area (Å²) in [6.07, 6.45) is 6.86. The van der Waals surface area contributed by atoms with Gasteiger partial charge in [0.2, 0.25) is 0 Å². The third-order valence-electron chi connectivity index (χ3n) is 4.90. The quantitative estimate of drug-likeness (QED) is 0.327. The van der Waals surface area contributed by atoms with Gasteiger partial charge in [0.15, 0.2) is 5.96 Å². The lowest BCUT2D eigenvalue weighted by molar-refractivity contribution is 0.131. The predicted octanol–water partition coefficient (Wildman–Crippen LogP) is 3.83. The summed E-state index contributed by atoms with van der Waals surface area (Å²) in [5.41, 5.74) is 0.749. The molecule has 0 aromatic heterocycles. The van der Waals surface area contributed by atoms with E-state index in [-0.39, 0.29) is 41.8 Å². The van der Waals surface area contributed by atoms with Crippen LogP contribution in [0.3, 0.4) is 0 Å². The van der Waals surface area contributed by atoms with Crippen molar-refractivity contribution in [3.05, 3.63) is 35.6 Å². The summed E-state index contributed by atoms with van der Waals surface area (Å²) in [5, 5.41) is 16.1. The number of aliphatic hydroxyl groups is 1. The summed E-state index contributed by atoms with van der Waals surface area (Å²) in [6, 6.07) is 6.74. The van der Waals surface area contributed by atoms with Crippen LogP contribution in [0.25, 0.3) is 0 Å². The van der Waals surface area contributed by atoms with E-state index >= 15 is 0 Å². The number of aliphatic imine (C=N–C) groups is 1. The Morgan fingerprint density at radius 1 is 1.20 bits per heavy atom. The summed E-state index contributed by atoms with van der Waals surface area (Å²) >= 11 is 0. The third-order valence-corrected chi connectivity index (χ3v) is 4.90. The van der Waals surface area contributed by atoms with Gasteiger partial charge in [-0.3, -0.25) is 0 Å². The van der Waals surface area contributed by atoms with Crippen molar-refractivity contribution in [2.75, 3.05) is 19.7 Å². The van der Waals surface area contributed by atoms with Gasteiger partial charge in [0.1, 0.15) is 5.82 Å². The SMILES string of the molecule is CCNC(=NCc1ccccc1F)NCC1(CCO)CCCCC1.I. The Hall–Kier alpha value is -0.890. The summed E-state index contributed by atoms with van der Waals surface area (Å²) in [5.74, 6) is 0.491. The molecule has 0 spiro atoms. The highest BCUT2D eigenvalue weighted by atomic mass is 127. The molecular weight excluding hydrogens is 432 g/mol. The molecule has 0 unspecified atom stereocenters. The molecule has 3 N–H and O–H groups in total. The minimum Gasteiger partial charge on any atom is -0.396 e. The highest BCUT2D eigenvalue weighted by Gasteiger charge is 2.31. The Morgan fingerprint density at radius 2 is 1.92 bits per heavy atom. The fourth-order valence-electron chi connectivity index (χ4n) is 3.46. The van der Waals surface area contributed by atoms with Gasteiger partial charge >= 0.3 is 0 Å². The standard InChI is InChI=1S/C19H30FN3O.HI/c1-2-21-18(22-14-16-8-4-5-9-17(16)20)23-15-19(12-13-24)10-6-3-7-11-19;/h4-5,8-9,24H,2-3,6-7,10-15H2,1H3,(H2,21,22,23);1H. The number of halogens is 2. The predicted molar refractivity (Wildman–Crippen MR) is 112 cm³/mol. The first kappa shape index (κ1) is 22.2. The van der Waals surface area contributed by atoms with Crippen LogP contribution in [0.1, 0.15) is 51.0 Å². The van der Waals surface area contributed by atoms with Crippen molar-refractivity contribution in [3.8, 4) is 0 Å². The van der Waals surface area contributed by atoms with Crippen LogP contribution in [0.4, 0.5) is 4.39 Å². The fraction of sp³-hybridized carbons (Fsp3) is 0.632. The van der Waals surface area contributed by atoms with Crippen LogP contribution in [0.5, 0.6) is 0 Å². The van der Waals surface area contributed by atoms with Crippen LogP contribution < -0.4 is 10.6 Å². The summed E-state index contributed by atoms with van der Waals surface area (Å²) < 4.78 is 13.7. The molecule has 0 saturated heterocycles. The van der Waals surface area contributed by atoms with Gasteiger partial charge in [-0.05, 0) is 37.7 Å². The molecule has 1 saturated carbocycles. The number of aliphatic hydroxyl groups excluding tert-OH is 1. The molecule has 142 valence electrons. The minimum absolute atomic E-state index is 0. The number of guanidine groups is 1. The zero-order chi connectivity index (χ0) is 17.3. The van der Waals surface area contributed by atoms with E-state index in [0.717, 1.165) is 32.4 Å².